The number of hydrogen-bond acceptors (Lipinski definition) is 6. The lowest BCUT2D eigenvalue weighted by molar-refractivity contribution is 0.588. The number of H-pyrrole nitrogens is 1. The maximum Gasteiger partial charge on any atom is 0.251 e. The van der Waals surface area contributed by atoms with E-state index in [0.29, 0.717) is 40.5 Å². The first-order valence-electron chi connectivity index (χ1n) is 10.5. The third-order valence-electron chi connectivity index (χ3n) is 5.32. The molecule has 0 saturated heterocycles. The first kappa shape index (κ1) is 21.8. The summed E-state index contributed by atoms with van der Waals surface area (Å²) in [6.45, 7) is 2.29. The zero-order valence-corrected chi connectivity index (χ0v) is 19.3. The molecular weight excluding hydrogens is 455 g/mol. The molecule has 0 atom stereocenters. The van der Waals surface area contributed by atoms with E-state index in [9.17, 15) is 12.8 Å². The molecule has 3 aromatic heterocycles. The lowest BCUT2D eigenvalue weighted by Gasteiger charge is -2.04. The molecule has 34 heavy (non-hydrogen) atoms. The standard InChI is InChI=1S/C24H21FN6O2S/c1-15-5-3-8-20(28-15)23-22(29-24(30-23)26-13-16-6-4-7-19(25)11-16)17-9-10-21-18(12-17)14-27-31(21)34(2,32)33/h3-12,14H,13H2,1-2H3,(H2,26,29,30). The lowest BCUT2D eigenvalue weighted by Crippen LogP contribution is -2.11. The van der Waals surface area contributed by atoms with Crippen molar-refractivity contribution in [1.29, 1.82) is 0 Å². The second-order valence-electron chi connectivity index (χ2n) is 7.98. The van der Waals surface area contributed by atoms with Gasteiger partial charge in [-0.3, -0.25) is 4.98 Å². The molecule has 2 N–H and O–H groups in total. The van der Waals surface area contributed by atoms with Gasteiger partial charge in [-0.25, -0.2) is 17.8 Å². The summed E-state index contributed by atoms with van der Waals surface area (Å²) < 4.78 is 38.5. The molecule has 0 aliphatic heterocycles. The van der Waals surface area contributed by atoms with Gasteiger partial charge < -0.3 is 10.3 Å². The van der Waals surface area contributed by atoms with Gasteiger partial charge in [-0.15, -0.1) is 0 Å². The van der Waals surface area contributed by atoms with Crippen molar-refractivity contribution in [3.8, 4) is 22.6 Å². The molecule has 5 rings (SSSR count). The van der Waals surface area contributed by atoms with Crippen molar-refractivity contribution in [2.24, 2.45) is 0 Å². The van der Waals surface area contributed by atoms with E-state index < -0.39 is 10.0 Å². The van der Waals surface area contributed by atoms with Crippen molar-refractivity contribution < 1.29 is 12.8 Å². The van der Waals surface area contributed by atoms with Crippen LogP contribution in [-0.4, -0.2) is 38.8 Å². The van der Waals surface area contributed by atoms with Crippen molar-refractivity contribution in [3.63, 3.8) is 0 Å². The van der Waals surface area contributed by atoms with Crippen LogP contribution in [0.5, 0.6) is 0 Å². The van der Waals surface area contributed by atoms with Crippen molar-refractivity contribution in [2.75, 3.05) is 11.6 Å². The van der Waals surface area contributed by atoms with Crippen LogP contribution in [-0.2, 0) is 16.6 Å². The molecule has 2 aromatic carbocycles. The Bertz CT molecular complexity index is 1620. The quantitative estimate of drug-likeness (QED) is 0.377. The van der Waals surface area contributed by atoms with Gasteiger partial charge in [-0.05, 0) is 48.9 Å². The van der Waals surface area contributed by atoms with Crippen LogP contribution in [0.2, 0.25) is 0 Å². The molecule has 0 amide bonds. The number of aryl methyl sites for hydroxylation is 1. The van der Waals surface area contributed by atoms with E-state index in [1.165, 1.54) is 18.3 Å². The van der Waals surface area contributed by atoms with Crippen LogP contribution >= 0.6 is 0 Å². The number of nitrogens with one attached hydrogen (secondary N) is 2. The Labute approximate surface area is 195 Å². The fourth-order valence-electron chi connectivity index (χ4n) is 3.79. The van der Waals surface area contributed by atoms with Crippen LogP contribution < -0.4 is 5.32 Å². The summed E-state index contributed by atoms with van der Waals surface area (Å²) in [6, 6.07) is 17.4. The molecule has 0 fully saturated rings. The number of hydrogen-bond donors (Lipinski definition) is 2. The second-order valence-corrected chi connectivity index (χ2v) is 9.79. The molecule has 0 spiro atoms. The average Bonchev–Trinajstić information content (AvgIpc) is 3.42. The number of fused-ring (bicyclic) bond motifs is 1. The normalized spacial score (nSPS) is 11.7. The second kappa shape index (κ2) is 8.38. The van der Waals surface area contributed by atoms with E-state index in [4.69, 9.17) is 4.98 Å². The zero-order valence-electron chi connectivity index (χ0n) is 18.4. The Morgan fingerprint density at radius 3 is 2.65 bits per heavy atom. The van der Waals surface area contributed by atoms with Crippen LogP contribution in [0.3, 0.4) is 0 Å². The minimum Gasteiger partial charge on any atom is -0.352 e. The van der Waals surface area contributed by atoms with Crippen LogP contribution in [0.4, 0.5) is 10.3 Å². The molecule has 0 aliphatic carbocycles. The fraction of sp³-hybridized carbons (Fsp3) is 0.125. The number of benzene rings is 2. The monoisotopic (exact) mass is 476 g/mol. The van der Waals surface area contributed by atoms with Gasteiger partial charge >= 0.3 is 0 Å². The van der Waals surface area contributed by atoms with Gasteiger partial charge in [0, 0.05) is 23.2 Å². The number of pyridine rings is 1. The van der Waals surface area contributed by atoms with Crippen molar-refractivity contribution in [3.05, 3.63) is 83.9 Å². The van der Waals surface area contributed by atoms with Gasteiger partial charge in [-0.2, -0.15) is 9.19 Å². The smallest absolute Gasteiger partial charge is 0.251 e. The maximum atomic E-state index is 13.5. The summed E-state index contributed by atoms with van der Waals surface area (Å²) in [6.07, 6.45) is 2.62. The van der Waals surface area contributed by atoms with E-state index in [0.717, 1.165) is 27.2 Å². The predicted octanol–water partition coefficient (Wildman–Crippen LogP) is 4.36. The van der Waals surface area contributed by atoms with E-state index in [2.05, 4.69) is 20.4 Å². The molecule has 0 aliphatic rings. The van der Waals surface area contributed by atoms with Crippen LogP contribution in [0.15, 0.2) is 66.9 Å². The number of aromatic nitrogens is 5. The highest BCUT2D eigenvalue weighted by Crippen LogP contribution is 2.32. The van der Waals surface area contributed by atoms with Crippen LogP contribution in [0.1, 0.15) is 11.3 Å². The van der Waals surface area contributed by atoms with E-state index >= 15 is 0 Å². The molecule has 0 unspecified atom stereocenters. The third-order valence-corrected chi connectivity index (χ3v) is 6.24. The Balaban J connectivity index is 1.57. The maximum absolute atomic E-state index is 13.5. The molecular formula is C24H21FN6O2S. The number of aromatic amines is 1. The molecule has 8 nitrogen and oxygen atoms in total. The fourth-order valence-corrected chi connectivity index (χ4v) is 4.53. The molecule has 0 bridgehead atoms. The number of halogens is 1. The Morgan fingerprint density at radius 2 is 1.88 bits per heavy atom. The molecule has 172 valence electrons. The Morgan fingerprint density at radius 1 is 1.06 bits per heavy atom. The number of anilines is 1. The van der Waals surface area contributed by atoms with Gasteiger partial charge in [0.2, 0.25) is 5.95 Å². The number of imidazole rings is 1. The summed E-state index contributed by atoms with van der Waals surface area (Å²) in [5.41, 5.74) is 4.97. The van der Waals surface area contributed by atoms with Crippen molar-refractivity contribution >= 4 is 26.9 Å². The summed E-state index contributed by atoms with van der Waals surface area (Å²) in [5.74, 6) is 0.205. The van der Waals surface area contributed by atoms with Crippen molar-refractivity contribution in [1.82, 2.24) is 24.1 Å². The van der Waals surface area contributed by atoms with E-state index in [1.807, 2.05) is 37.3 Å². The third kappa shape index (κ3) is 4.27. The topological polar surface area (TPSA) is 106 Å². The molecule has 0 saturated carbocycles. The first-order chi connectivity index (χ1) is 16.3. The Hall–Kier alpha value is -4.05. The molecule has 5 aromatic rings. The highest BCUT2D eigenvalue weighted by Gasteiger charge is 2.18. The van der Waals surface area contributed by atoms with Gasteiger partial charge in [-0.1, -0.05) is 24.3 Å². The van der Waals surface area contributed by atoms with Gasteiger partial charge in [0.05, 0.1) is 35.1 Å². The summed E-state index contributed by atoms with van der Waals surface area (Å²) >= 11 is 0. The summed E-state index contributed by atoms with van der Waals surface area (Å²) in [5, 5.41) is 7.89. The summed E-state index contributed by atoms with van der Waals surface area (Å²) in [4.78, 5) is 12.7. The number of nitrogens with zero attached hydrogens (tertiary/aromatic N) is 4. The Kier molecular flexibility index (Phi) is 5.37. The van der Waals surface area contributed by atoms with Gasteiger partial charge in [0.25, 0.3) is 10.0 Å². The molecule has 3 heterocycles. The lowest BCUT2D eigenvalue weighted by atomic mass is 10.1. The SMILES string of the molecule is Cc1cccc(-c2[nH]c(NCc3cccc(F)c3)nc2-c2ccc3c(cnn3S(C)(=O)=O)c2)n1. The first-order valence-corrected chi connectivity index (χ1v) is 12.3. The summed E-state index contributed by atoms with van der Waals surface area (Å²) in [7, 11) is -3.52. The van der Waals surface area contributed by atoms with Crippen molar-refractivity contribution in [2.45, 2.75) is 13.5 Å². The van der Waals surface area contributed by atoms with Gasteiger partial charge in [0.1, 0.15) is 5.82 Å². The minimum absolute atomic E-state index is 0.299. The predicted molar refractivity (Wildman–Crippen MR) is 129 cm³/mol. The highest BCUT2D eigenvalue weighted by atomic mass is 32.2. The van der Waals surface area contributed by atoms with Crippen LogP contribution in [0, 0.1) is 12.7 Å². The average molecular weight is 477 g/mol. The van der Waals surface area contributed by atoms with E-state index in [-0.39, 0.29) is 5.82 Å². The largest absolute Gasteiger partial charge is 0.352 e. The number of rotatable bonds is 6. The van der Waals surface area contributed by atoms with Gasteiger partial charge in [0.15, 0.2) is 0 Å². The zero-order chi connectivity index (χ0) is 23.9. The molecule has 10 heteroatoms. The van der Waals surface area contributed by atoms with E-state index in [1.54, 1.807) is 18.2 Å². The minimum atomic E-state index is -3.52. The van der Waals surface area contributed by atoms with Crippen LogP contribution in [0.25, 0.3) is 33.5 Å². The highest BCUT2D eigenvalue weighted by molar-refractivity contribution is 7.89. The molecule has 0 radical (unpaired) electrons.